The van der Waals surface area contributed by atoms with Crippen LogP contribution in [0.2, 0.25) is 0 Å². The van der Waals surface area contributed by atoms with Gasteiger partial charge in [0.15, 0.2) is 0 Å². The summed E-state index contributed by atoms with van der Waals surface area (Å²) >= 11 is 0. The van der Waals surface area contributed by atoms with Crippen LogP contribution in [0.15, 0.2) is 24.3 Å². The lowest BCUT2D eigenvalue weighted by Gasteiger charge is -2.09. The second kappa shape index (κ2) is 7.29. The fraction of sp³-hybridized carbons (Fsp3) is 0.571. The summed E-state index contributed by atoms with van der Waals surface area (Å²) in [5, 5.41) is 12.8. The first-order valence-electron chi connectivity index (χ1n) is 6.27. The second-order valence-electron chi connectivity index (χ2n) is 4.18. The predicted octanol–water partition coefficient (Wildman–Crippen LogP) is 3.21. The highest BCUT2D eigenvalue weighted by Gasteiger charge is 1.99. The van der Waals surface area contributed by atoms with Crippen molar-refractivity contribution in [2.75, 3.05) is 11.9 Å². The van der Waals surface area contributed by atoms with Crippen LogP contribution in [0, 0.1) is 0 Å². The minimum absolute atomic E-state index is 0.135. The van der Waals surface area contributed by atoms with Crippen molar-refractivity contribution in [3.8, 4) is 0 Å². The van der Waals surface area contributed by atoms with E-state index in [1.165, 1.54) is 11.3 Å². The number of rotatable bonds is 7. The summed E-state index contributed by atoms with van der Waals surface area (Å²) in [5.74, 6) is 0. The first kappa shape index (κ1) is 13.0. The number of hydrogen-bond donors (Lipinski definition) is 2. The molecule has 90 valence electrons. The topological polar surface area (TPSA) is 32.3 Å². The van der Waals surface area contributed by atoms with Crippen LogP contribution in [0.4, 0.5) is 5.69 Å². The van der Waals surface area contributed by atoms with Crippen molar-refractivity contribution in [3.05, 3.63) is 29.8 Å². The second-order valence-corrected chi connectivity index (χ2v) is 4.18. The zero-order valence-corrected chi connectivity index (χ0v) is 10.4. The number of anilines is 1. The molecule has 0 heterocycles. The van der Waals surface area contributed by atoms with Crippen LogP contribution in [0.1, 0.15) is 38.7 Å². The maximum Gasteiger partial charge on any atom is 0.0538 e. The third kappa shape index (κ3) is 4.67. The monoisotopic (exact) mass is 221 g/mol. The molecule has 1 unspecified atom stereocenters. The third-order valence-electron chi connectivity index (χ3n) is 2.88. The first-order valence-corrected chi connectivity index (χ1v) is 6.27. The molecule has 0 amide bonds. The van der Waals surface area contributed by atoms with E-state index in [1.54, 1.807) is 0 Å². The van der Waals surface area contributed by atoms with Crippen LogP contribution < -0.4 is 5.32 Å². The maximum atomic E-state index is 9.40. The summed E-state index contributed by atoms with van der Waals surface area (Å²) < 4.78 is 0. The molecular weight excluding hydrogens is 198 g/mol. The SMILES string of the molecule is CCc1ccc(NCCCC(O)CC)cc1. The van der Waals surface area contributed by atoms with Gasteiger partial charge in [-0.15, -0.1) is 0 Å². The molecule has 0 aliphatic rings. The number of aryl methyl sites for hydroxylation is 1. The van der Waals surface area contributed by atoms with Crippen molar-refractivity contribution >= 4 is 5.69 Å². The van der Waals surface area contributed by atoms with Gasteiger partial charge in [-0.25, -0.2) is 0 Å². The summed E-state index contributed by atoms with van der Waals surface area (Å²) in [6.45, 7) is 5.11. The van der Waals surface area contributed by atoms with E-state index in [0.29, 0.717) is 0 Å². The molecule has 1 aromatic carbocycles. The average molecular weight is 221 g/mol. The average Bonchev–Trinajstić information content (AvgIpc) is 2.35. The Kier molecular flexibility index (Phi) is 5.94. The highest BCUT2D eigenvalue weighted by molar-refractivity contribution is 5.44. The molecule has 1 rings (SSSR count). The third-order valence-corrected chi connectivity index (χ3v) is 2.88. The molecule has 0 saturated heterocycles. The highest BCUT2D eigenvalue weighted by atomic mass is 16.3. The van der Waals surface area contributed by atoms with Crippen LogP contribution in [0.5, 0.6) is 0 Å². The van der Waals surface area contributed by atoms with Crippen molar-refractivity contribution in [2.45, 2.75) is 45.6 Å². The fourth-order valence-electron chi connectivity index (χ4n) is 1.63. The van der Waals surface area contributed by atoms with Crippen LogP contribution in [0.25, 0.3) is 0 Å². The lowest BCUT2D eigenvalue weighted by Crippen LogP contribution is -2.08. The molecule has 1 atom stereocenters. The van der Waals surface area contributed by atoms with Crippen molar-refractivity contribution in [1.82, 2.24) is 0 Å². The van der Waals surface area contributed by atoms with Gasteiger partial charge in [0.2, 0.25) is 0 Å². The van der Waals surface area contributed by atoms with E-state index in [0.717, 1.165) is 32.2 Å². The summed E-state index contributed by atoms with van der Waals surface area (Å²) in [6, 6.07) is 8.55. The van der Waals surface area contributed by atoms with E-state index in [-0.39, 0.29) is 6.10 Å². The molecule has 1 aromatic rings. The van der Waals surface area contributed by atoms with Gasteiger partial charge in [-0.2, -0.15) is 0 Å². The zero-order valence-electron chi connectivity index (χ0n) is 10.4. The summed E-state index contributed by atoms with van der Waals surface area (Å²) in [7, 11) is 0. The van der Waals surface area contributed by atoms with Gasteiger partial charge in [-0.1, -0.05) is 26.0 Å². The van der Waals surface area contributed by atoms with E-state index >= 15 is 0 Å². The number of aliphatic hydroxyl groups is 1. The Balaban J connectivity index is 2.21. The summed E-state index contributed by atoms with van der Waals surface area (Å²) in [4.78, 5) is 0. The van der Waals surface area contributed by atoms with Crippen LogP contribution in [-0.4, -0.2) is 17.8 Å². The summed E-state index contributed by atoms with van der Waals surface area (Å²) in [6.07, 6.45) is 3.71. The normalized spacial score (nSPS) is 12.4. The maximum absolute atomic E-state index is 9.40. The first-order chi connectivity index (χ1) is 7.76. The molecule has 0 radical (unpaired) electrons. The molecule has 2 nitrogen and oxygen atoms in total. The molecule has 0 fully saturated rings. The zero-order chi connectivity index (χ0) is 11.8. The lowest BCUT2D eigenvalue weighted by atomic mass is 10.1. The fourth-order valence-corrected chi connectivity index (χ4v) is 1.63. The van der Waals surface area contributed by atoms with Gasteiger partial charge in [0.1, 0.15) is 0 Å². The van der Waals surface area contributed by atoms with Gasteiger partial charge in [0.25, 0.3) is 0 Å². The molecule has 16 heavy (non-hydrogen) atoms. The Morgan fingerprint density at radius 2 is 1.88 bits per heavy atom. The Bertz CT molecular complexity index is 281. The number of hydrogen-bond acceptors (Lipinski definition) is 2. The largest absolute Gasteiger partial charge is 0.393 e. The molecule has 2 N–H and O–H groups in total. The summed E-state index contributed by atoms with van der Waals surface area (Å²) in [5.41, 5.74) is 2.54. The quantitative estimate of drug-likeness (QED) is 0.693. The molecule has 2 heteroatoms. The van der Waals surface area contributed by atoms with Gasteiger partial charge in [-0.05, 0) is 43.4 Å². The van der Waals surface area contributed by atoms with Crippen molar-refractivity contribution in [3.63, 3.8) is 0 Å². The van der Waals surface area contributed by atoms with Gasteiger partial charge < -0.3 is 10.4 Å². The molecule has 0 aliphatic heterocycles. The van der Waals surface area contributed by atoms with Crippen molar-refractivity contribution < 1.29 is 5.11 Å². The molecule has 0 aliphatic carbocycles. The minimum Gasteiger partial charge on any atom is -0.393 e. The van der Waals surface area contributed by atoms with Gasteiger partial charge in [-0.3, -0.25) is 0 Å². The Hall–Kier alpha value is -1.02. The molecular formula is C14H23NO. The van der Waals surface area contributed by atoms with Gasteiger partial charge >= 0.3 is 0 Å². The van der Waals surface area contributed by atoms with Crippen LogP contribution in [0.3, 0.4) is 0 Å². The van der Waals surface area contributed by atoms with E-state index < -0.39 is 0 Å². The molecule has 0 bridgehead atoms. The predicted molar refractivity (Wildman–Crippen MR) is 69.8 cm³/mol. The van der Waals surface area contributed by atoms with Gasteiger partial charge in [0, 0.05) is 12.2 Å². The van der Waals surface area contributed by atoms with Crippen molar-refractivity contribution in [2.24, 2.45) is 0 Å². The van der Waals surface area contributed by atoms with E-state index in [4.69, 9.17) is 0 Å². The molecule has 0 spiro atoms. The van der Waals surface area contributed by atoms with E-state index in [9.17, 15) is 5.11 Å². The van der Waals surface area contributed by atoms with Crippen molar-refractivity contribution in [1.29, 1.82) is 0 Å². The van der Waals surface area contributed by atoms with Crippen LogP contribution in [-0.2, 0) is 6.42 Å². The van der Waals surface area contributed by atoms with E-state index in [2.05, 4.69) is 36.5 Å². The smallest absolute Gasteiger partial charge is 0.0538 e. The number of aliphatic hydroxyl groups excluding tert-OH is 1. The van der Waals surface area contributed by atoms with Gasteiger partial charge in [0.05, 0.1) is 6.10 Å². The minimum atomic E-state index is -0.135. The standard InChI is InChI=1S/C14H23NO/c1-3-12-7-9-13(10-8-12)15-11-5-6-14(16)4-2/h7-10,14-16H,3-6,11H2,1-2H3. The number of nitrogens with one attached hydrogen (secondary N) is 1. The Morgan fingerprint density at radius 1 is 1.19 bits per heavy atom. The van der Waals surface area contributed by atoms with E-state index in [1.807, 2.05) is 6.92 Å². The Labute approximate surface area is 98.7 Å². The van der Waals surface area contributed by atoms with Crippen LogP contribution >= 0.6 is 0 Å². The molecule has 0 aromatic heterocycles. The Morgan fingerprint density at radius 3 is 2.44 bits per heavy atom. The molecule has 0 saturated carbocycles. The number of benzene rings is 1. The highest BCUT2D eigenvalue weighted by Crippen LogP contribution is 2.10. The lowest BCUT2D eigenvalue weighted by molar-refractivity contribution is 0.159.